The van der Waals surface area contributed by atoms with Crippen molar-refractivity contribution < 1.29 is 9.59 Å². The summed E-state index contributed by atoms with van der Waals surface area (Å²) in [5, 5.41) is 16.1. The SMILES string of the molecule is CC(CC(=O)Nc1ccc2cnsc2c1)c1ccsc1.Cl.NC(CC(=O)Nc1ccc2cnsc2c1)c1ccsc1. The highest BCUT2D eigenvalue weighted by atomic mass is 35.5. The highest BCUT2D eigenvalue weighted by Crippen LogP contribution is 2.25. The molecule has 4 aromatic heterocycles. The van der Waals surface area contributed by atoms with Gasteiger partial charge in [0.1, 0.15) is 0 Å². The van der Waals surface area contributed by atoms with Crippen molar-refractivity contribution in [2.24, 2.45) is 5.73 Å². The molecule has 0 aliphatic heterocycles. The second-order valence-corrected chi connectivity index (χ2v) is 12.5. The molecule has 7 nitrogen and oxygen atoms in total. The maximum absolute atomic E-state index is 12.1. The van der Waals surface area contributed by atoms with Gasteiger partial charge >= 0.3 is 0 Å². The number of halogens is 1. The maximum Gasteiger partial charge on any atom is 0.226 e. The van der Waals surface area contributed by atoms with E-state index in [9.17, 15) is 9.59 Å². The fourth-order valence-corrected chi connectivity index (χ4v) is 6.93. The van der Waals surface area contributed by atoms with Crippen LogP contribution in [-0.4, -0.2) is 20.6 Å². The quantitative estimate of drug-likeness (QED) is 0.155. The summed E-state index contributed by atoms with van der Waals surface area (Å²) in [5.41, 5.74) is 9.85. The Bertz CT molecular complexity index is 1570. The van der Waals surface area contributed by atoms with Crippen LogP contribution in [-0.2, 0) is 9.59 Å². The number of nitrogens with two attached hydrogens (primary N) is 1. The summed E-state index contributed by atoms with van der Waals surface area (Å²) in [4.78, 5) is 24.1. The van der Waals surface area contributed by atoms with Crippen LogP contribution in [0.5, 0.6) is 0 Å². The van der Waals surface area contributed by atoms with E-state index in [0.717, 1.165) is 37.1 Å². The Hall–Kier alpha value is -3.19. The Kier molecular flexibility index (Phi) is 11.0. The summed E-state index contributed by atoms with van der Waals surface area (Å²) < 4.78 is 10.4. The summed E-state index contributed by atoms with van der Waals surface area (Å²) in [6, 6.07) is 15.4. The van der Waals surface area contributed by atoms with E-state index in [-0.39, 0.29) is 42.6 Å². The molecule has 0 aliphatic carbocycles. The topological polar surface area (TPSA) is 110 Å². The zero-order valence-electron chi connectivity index (χ0n) is 22.0. The number of hydrogen-bond acceptors (Lipinski definition) is 9. The number of aromatic nitrogens is 2. The van der Waals surface area contributed by atoms with Crippen LogP contribution in [0, 0.1) is 0 Å². The number of anilines is 2. The van der Waals surface area contributed by atoms with Gasteiger partial charge in [-0.3, -0.25) is 9.59 Å². The van der Waals surface area contributed by atoms with Gasteiger partial charge in [-0.05, 0) is 110 Å². The minimum atomic E-state index is -0.256. The number of fused-ring (bicyclic) bond motifs is 2. The number of amides is 2. The molecular weight excluding hydrogens is 614 g/mol. The first-order valence-electron chi connectivity index (χ1n) is 12.5. The smallest absolute Gasteiger partial charge is 0.226 e. The Morgan fingerprint density at radius 2 is 1.29 bits per heavy atom. The molecule has 0 spiro atoms. The van der Waals surface area contributed by atoms with E-state index in [1.165, 1.54) is 28.6 Å². The highest BCUT2D eigenvalue weighted by molar-refractivity contribution is 7.13. The van der Waals surface area contributed by atoms with Gasteiger partial charge in [-0.15, -0.1) is 12.4 Å². The molecular formula is C29H28ClN5O2S4. The molecule has 212 valence electrons. The fourth-order valence-electron chi connectivity index (χ4n) is 4.05. The van der Waals surface area contributed by atoms with Crippen LogP contribution in [0.25, 0.3) is 20.2 Å². The molecule has 12 heteroatoms. The molecule has 2 aromatic carbocycles. The van der Waals surface area contributed by atoms with E-state index >= 15 is 0 Å². The van der Waals surface area contributed by atoms with Crippen LogP contribution in [0.15, 0.2) is 82.4 Å². The van der Waals surface area contributed by atoms with E-state index in [4.69, 9.17) is 5.73 Å². The Morgan fingerprint density at radius 1 is 0.780 bits per heavy atom. The lowest BCUT2D eigenvalue weighted by Gasteiger charge is -2.10. The third-order valence-electron chi connectivity index (χ3n) is 6.26. The lowest BCUT2D eigenvalue weighted by Crippen LogP contribution is -2.20. The molecule has 4 N–H and O–H groups in total. The standard InChI is InChI=1S/C15H14N2OS2.C14H13N3OS2.ClH/c1-10(12-4-5-19-9-12)6-15(18)17-13-3-2-11-8-16-20-14(11)7-13;15-12(10-3-4-19-8-10)6-14(18)17-11-2-1-9-7-16-20-13(9)5-11;/h2-5,7-10H,6H2,1H3,(H,17,18);1-5,7-8,12H,6,15H2,(H,17,18);1H. The molecule has 0 aliphatic rings. The van der Waals surface area contributed by atoms with Crippen molar-refractivity contribution in [2.75, 3.05) is 10.6 Å². The molecule has 0 saturated heterocycles. The Balaban J connectivity index is 0.000000184. The minimum Gasteiger partial charge on any atom is -0.326 e. The van der Waals surface area contributed by atoms with E-state index in [0.29, 0.717) is 6.42 Å². The van der Waals surface area contributed by atoms with E-state index in [2.05, 4.69) is 37.8 Å². The van der Waals surface area contributed by atoms with Gasteiger partial charge in [0.15, 0.2) is 0 Å². The van der Waals surface area contributed by atoms with Gasteiger partial charge in [-0.25, -0.2) is 0 Å². The van der Waals surface area contributed by atoms with Gasteiger partial charge in [-0.2, -0.15) is 31.4 Å². The van der Waals surface area contributed by atoms with Crippen molar-refractivity contribution in [3.63, 3.8) is 0 Å². The van der Waals surface area contributed by atoms with Crippen LogP contribution in [0.2, 0.25) is 0 Å². The van der Waals surface area contributed by atoms with Gasteiger partial charge in [0.25, 0.3) is 0 Å². The van der Waals surface area contributed by atoms with Gasteiger partial charge in [0.2, 0.25) is 11.8 Å². The lowest BCUT2D eigenvalue weighted by atomic mass is 10.0. The first-order valence-corrected chi connectivity index (χ1v) is 16.0. The summed E-state index contributed by atoms with van der Waals surface area (Å²) in [6.45, 7) is 2.08. The van der Waals surface area contributed by atoms with Crippen LogP contribution >= 0.6 is 58.1 Å². The van der Waals surface area contributed by atoms with Crippen molar-refractivity contribution in [2.45, 2.75) is 31.7 Å². The summed E-state index contributed by atoms with van der Waals surface area (Å²) in [5.74, 6) is 0.216. The first kappa shape index (κ1) is 30.8. The molecule has 0 bridgehead atoms. The third kappa shape index (κ3) is 8.41. The van der Waals surface area contributed by atoms with Gasteiger partial charge in [-0.1, -0.05) is 6.92 Å². The van der Waals surface area contributed by atoms with Crippen molar-refractivity contribution in [1.29, 1.82) is 0 Å². The van der Waals surface area contributed by atoms with Gasteiger partial charge in [0, 0.05) is 53.4 Å². The highest BCUT2D eigenvalue weighted by Gasteiger charge is 2.13. The second-order valence-electron chi connectivity index (χ2n) is 9.28. The largest absolute Gasteiger partial charge is 0.326 e. The van der Waals surface area contributed by atoms with Crippen LogP contribution in [0.1, 0.15) is 42.9 Å². The van der Waals surface area contributed by atoms with Gasteiger partial charge in [0.05, 0.1) is 9.40 Å². The molecule has 41 heavy (non-hydrogen) atoms. The van der Waals surface area contributed by atoms with E-state index < -0.39 is 0 Å². The fraction of sp³-hybridized carbons (Fsp3) is 0.172. The predicted octanol–water partition coefficient (Wildman–Crippen LogP) is 8.30. The molecule has 2 atom stereocenters. The predicted molar refractivity (Wildman–Crippen MR) is 177 cm³/mol. The molecule has 0 saturated carbocycles. The number of nitrogens with one attached hydrogen (secondary N) is 2. The van der Waals surface area contributed by atoms with Crippen molar-refractivity contribution in [3.05, 3.63) is 93.6 Å². The van der Waals surface area contributed by atoms with Crippen LogP contribution in [0.4, 0.5) is 11.4 Å². The molecule has 6 aromatic rings. The number of benzene rings is 2. The Labute approximate surface area is 260 Å². The number of carbonyl (C=O) groups excluding carboxylic acids is 2. The summed E-state index contributed by atoms with van der Waals surface area (Å²) >= 11 is 6.10. The van der Waals surface area contributed by atoms with E-state index in [1.54, 1.807) is 22.7 Å². The third-order valence-corrected chi connectivity index (χ3v) is 9.19. The van der Waals surface area contributed by atoms with Crippen molar-refractivity contribution in [1.82, 2.24) is 8.75 Å². The summed E-state index contributed by atoms with van der Waals surface area (Å²) in [7, 11) is 0. The number of nitrogens with zero attached hydrogens (tertiary/aromatic N) is 2. The second kappa shape index (κ2) is 14.6. The average molecular weight is 642 g/mol. The lowest BCUT2D eigenvalue weighted by molar-refractivity contribution is -0.117. The first-order chi connectivity index (χ1) is 19.4. The molecule has 6 rings (SSSR count). The van der Waals surface area contributed by atoms with Crippen LogP contribution in [0.3, 0.4) is 0 Å². The average Bonchev–Trinajstić information content (AvgIpc) is 3.75. The number of carbonyl (C=O) groups is 2. The number of rotatable bonds is 8. The minimum absolute atomic E-state index is 0. The Morgan fingerprint density at radius 3 is 1.80 bits per heavy atom. The molecule has 0 fully saturated rings. The normalized spacial score (nSPS) is 12.1. The number of thiophene rings is 2. The molecule has 0 radical (unpaired) electrons. The molecule has 2 amide bonds. The maximum atomic E-state index is 12.1. The number of hydrogen-bond donors (Lipinski definition) is 3. The zero-order chi connectivity index (χ0) is 27.9. The van der Waals surface area contributed by atoms with Crippen molar-refractivity contribution >= 4 is 102 Å². The summed E-state index contributed by atoms with van der Waals surface area (Å²) in [6.07, 6.45) is 4.43. The monoisotopic (exact) mass is 641 g/mol. The van der Waals surface area contributed by atoms with Crippen molar-refractivity contribution in [3.8, 4) is 0 Å². The molecule has 2 unspecified atom stereocenters. The van der Waals surface area contributed by atoms with Crippen LogP contribution < -0.4 is 16.4 Å². The zero-order valence-corrected chi connectivity index (χ0v) is 26.1. The van der Waals surface area contributed by atoms with E-state index in [1.807, 2.05) is 71.0 Å². The molecule has 4 heterocycles. The van der Waals surface area contributed by atoms with Gasteiger partial charge < -0.3 is 16.4 Å².